The molecule has 1 saturated carbocycles. The molecule has 0 aliphatic heterocycles. The van der Waals surface area contributed by atoms with Gasteiger partial charge in [-0.15, -0.1) is 0 Å². The third-order valence-corrected chi connectivity index (χ3v) is 5.45. The highest BCUT2D eigenvalue weighted by Gasteiger charge is 2.21. The van der Waals surface area contributed by atoms with Gasteiger partial charge in [0, 0.05) is 0 Å². The number of rotatable bonds is 5. The molecule has 0 spiro atoms. The van der Waals surface area contributed by atoms with Gasteiger partial charge in [-0.1, -0.05) is 55.5 Å². The van der Waals surface area contributed by atoms with Gasteiger partial charge in [0.2, 0.25) is 0 Å². The van der Waals surface area contributed by atoms with E-state index in [4.69, 9.17) is 5.26 Å². The highest BCUT2D eigenvalue weighted by atomic mass is 14.3. The lowest BCUT2D eigenvalue weighted by molar-refractivity contribution is 0.328. The summed E-state index contributed by atoms with van der Waals surface area (Å²) in [7, 11) is 0. The first-order valence-electron chi connectivity index (χ1n) is 9.55. The minimum absolute atomic E-state index is 0.714. The van der Waals surface area contributed by atoms with Crippen LogP contribution in [0, 0.1) is 17.2 Å². The molecule has 1 aliphatic carbocycles. The predicted octanol–water partition coefficient (Wildman–Crippen LogP) is 6.86. The molecule has 1 aliphatic rings. The van der Waals surface area contributed by atoms with Crippen molar-refractivity contribution in [3.8, 4) is 17.2 Å². The Morgan fingerprint density at radius 2 is 1.48 bits per heavy atom. The smallest absolute Gasteiger partial charge is 0.0991 e. The molecule has 1 fully saturated rings. The molecule has 2 aromatic carbocycles. The highest BCUT2D eigenvalue weighted by Crippen LogP contribution is 2.37. The first kappa shape index (κ1) is 17.5. The van der Waals surface area contributed by atoms with Gasteiger partial charge in [0.05, 0.1) is 11.6 Å². The van der Waals surface area contributed by atoms with Crippen LogP contribution in [0.15, 0.2) is 60.7 Å². The topological polar surface area (TPSA) is 23.8 Å². The van der Waals surface area contributed by atoms with Gasteiger partial charge >= 0.3 is 0 Å². The van der Waals surface area contributed by atoms with Gasteiger partial charge in [-0.05, 0) is 79.2 Å². The molecular formula is C24H27N. The Balaban J connectivity index is 1.59. The second-order valence-electron chi connectivity index (χ2n) is 7.14. The van der Waals surface area contributed by atoms with E-state index in [1.807, 2.05) is 24.3 Å². The summed E-state index contributed by atoms with van der Waals surface area (Å²) in [6.45, 7) is 2.20. The Kier molecular flexibility index (Phi) is 6.07. The fraction of sp³-hybridized carbons (Fsp3) is 0.375. The number of allylic oxidation sites excluding steroid dienone is 2. The van der Waals surface area contributed by atoms with Crippen LogP contribution >= 0.6 is 0 Å². The van der Waals surface area contributed by atoms with Crippen molar-refractivity contribution in [2.75, 3.05) is 0 Å². The van der Waals surface area contributed by atoms with Crippen LogP contribution in [-0.4, -0.2) is 0 Å². The Morgan fingerprint density at radius 3 is 2.04 bits per heavy atom. The second-order valence-corrected chi connectivity index (χ2v) is 7.14. The molecule has 0 unspecified atom stereocenters. The number of hydrogen-bond donors (Lipinski definition) is 0. The van der Waals surface area contributed by atoms with Crippen LogP contribution in [0.3, 0.4) is 0 Å². The Morgan fingerprint density at radius 1 is 0.880 bits per heavy atom. The summed E-state index contributed by atoms with van der Waals surface area (Å²) in [5.74, 6) is 1.61. The lowest BCUT2D eigenvalue weighted by Crippen LogP contribution is -2.12. The van der Waals surface area contributed by atoms with Crippen molar-refractivity contribution in [2.45, 2.75) is 51.4 Å². The van der Waals surface area contributed by atoms with Crippen LogP contribution in [0.2, 0.25) is 0 Å². The van der Waals surface area contributed by atoms with Crippen molar-refractivity contribution >= 4 is 0 Å². The van der Waals surface area contributed by atoms with E-state index < -0.39 is 0 Å². The fourth-order valence-corrected chi connectivity index (χ4v) is 3.87. The molecule has 0 bridgehead atoms. The third kappa shape index (κ3) is 4.60. The van der Waals surface area contributed by atoms with Crippen molar-refractivity contribution in [1.29, 1.82) is 5.26 Å². The van der Waals surface area contributed by atoms with Crippen molar-refractivity contribution in [2.24, 2.45) is 5.92 Å². The monoisotopic (exact) mass is 329 g/mol. The van der Waals surface area contributed by atoms with Gasteiger partial charge in [-0.2, -0.15) is 5.26 Å². The van der Waals surface area contributed by atoms with Crippen LogP contribution in [0.1, 0.15) is 62.5 Å². The molecular weight excluding hydrogens is 302 g/mol. The zero-order chi connectivity index (χ0) is 17.5. The molecule has 3 rings (SSSR count). The maximum atomic E-state index is 8.90. The summed E-state index contributed by atoms with van der Waals surface area (Å²) in [4.78, 5) is 0. The van der Waals surface area contributed by atoms with Gasteiger partial charge in [0.15, 0.2) is 0 Å². The molecule has 1 nitrogen and oxygen atoms in total. The van der Waals surface area contributed by atoms with E-state index in [0.29, 0.717) is 5.56 Å². The minimum Gasteiger partial charge on any atom is -0.192 e. The summed E-state index contributed by atoms with van der Waals surface area (Å²) in [6, 6.07) is 19.1. The number of benzene rings is 2. The van der Waals surface area contributed by atoms with Crippen LogP contribution in [0.25, 0.3) is 11.1 Å². The Bertz CT molecular complexity index is 723. The molecule has 0 amide bonds. The van der Waals surface area contributed by atoms with Crippen LogP contribution in [0.5, 0.6) is 0 Å². The lowest BCUT2D eigenvalue weighted by Gasteiger charge is -2.28. The van der Waals surface area contributed by atoms with Gasteiger partial charge in [0.25, 0.3) is 0 Å². The quantitative estimate of drug-likeness (QED) is 0.550. The van der Waals surface area contributed by atoms with Crippen molar-refractivity contribution in [3.05, 3.63) is 71.8 Å². The van der Waals surface area contributed by atoms with Crippen LogP contribution in [-0.2, 0) is 0 Å². The summed E-state index contributed by atoms with van der Waals surface area (Å²) in [6.07, 6.45) is 12.4. The zero-order valence-corrected chi connectivity index (χ0v) is 15.1. The molecule has 128 valence electrons. The normalized spacial score (nSPS) is 20.5. The maximum Gasteiger partial charge on any atom is 0.0991 e. The largest absolute Gasteiger partial charge is 0.192 e. The standard InChI is InChI=1S/C24H27N/c1-2-3-4-5-19-6-10-21(11-7-19)23-14-16-24(17-15-23)22-12-8-20(18-25)9-13-22/h3-4,8-9,12-17,19,21H,2,5-7,10-11H2,1H3/b4-3-. The molecule has 0 N–H and O–H groups in total. The van der Waals surface area contributed by atoms with E-state index in [9.17, 15) is 0 Å². The average Bonchev–Trinajstić information content (AvgIpc) is 2.69. The zero-order valence-electron chi connectivity index (χ0n) is 15.1. The molecule has 0 radical (unpaired) electrons. The van der Waals surface area contributed by atoms with E-state index in [1.165, 1.54) is 48.8 Å². The van der Waals surface area contributed by atoms with Gasteiger partial charge in [-0.25, -0.2) is 0 Å². The van der Waals surface area contributed by atoms with E-state index in [1.54, 1.807) is 0 Å². The third-order valence-electron chi connectivity index (χ3n) is 5.45. The van der Waals surface area contributed by atoms with Crippen molar-refractivity contribution in [1.82, 2.24) is 0 Å². The van der Waals surface area contributed by atoms with E-state index >= 15 is 0 Å². The van der Waals surface area contributed by atoms with E-state index in [2.05, 4.69) is 49.4 Å². The summed E-state index contributed by atoms with van der Waals surface area (Å²) >= 11 is 0. The summed E-state index contributed by atoms with van der Waals surface area (Å²) in [5, 5.41) is 8.90. The Labute approximate surface area is 152 Å². The van der Waals surface area contributed by atoms with Crippen LogP contribution < -0.4 is 0 Å². The highest BCUT2D eigenvalue weighted by molar-refractivity contribution is 5.64. The molecule has 25 heavy (non-hydrogen) atoms. The summed E-state index contributed by atoms with van der Waals surface area (Å²) < 4.78 is 0. The fourth-order valence-electron chi connectivity index (χ4n) is 3.87. The molecule has 0 atom stereocenters. The number of nitrogens with zero attached hydrogens (tertiary/aromatic N) is 1. The maximum absolute atomic E-state index is 8.90. The lowest BCUT2D eigenvalue weighted by atomic mass is 9.77. The van der Waals surface area contributed by atoms with E-state index in [0.717, 1.165) is 18.3 Å². The van der Waals surface area contributed by atoms with Gasteiger partial charge < -0.3 is 0 Å². The van der Waals surface area contributed by atoms with Gasteiger partial charge in [0.1, 0.15) is 0 Å². The van der Waals surface area contributed by atoms with Gasteiger partial charge in [-0.3, -0.25) is 0 Å². The predicted molar refractivity (Wildman–Crippen MR) is 105 cm³/mol. The van der Waals surface area contributed by atoms with Crippen molar-refractivity contribution in [3.63, 3.8) is 0 Å². The molecule has 0 saturated heterocycles. The summed E-state index contributed by atoms with van der Waals surface area (Å²) in [5.41, 5.74) is 4.61. The number of hydrogen-bond acceptors (Lipinski definition) is 1. The molecule has 0 aromatic heterocycles. The number of nitriles is 1. The Hall–Kier alpha value is -2.33. The molecule has 0 heterocycles. The first-order chi connectivity index (χ1) is 12.3. The molecule has 1 heteroatoms. The average molecular weight is 329 g/mol. The van der Waals surface area contributed by atoms with E-state index in [-0.39, 0.29) is 0 Å². The second kappa shape index (κ2) is 8.67. The SMILES string of the molecule is CC/C=C\CC1CCC(c2ccc(-c3ccc(C#N)cc3)cc2)CC1. The first-order valence-corrected chi connectivity index (χ1v) is 9.55. The van der Waals surface area contributed by atoms with Crippen LogP contribution in [0.4, 0.5) is 0 Å². The molecule has 2 aromatic rings. The minimum atomic E-state index is 0.714. The van der Waals surface area contributed by atoms with Crippen molar-refractivity contribution < 1.29 is 0 Å².